The van der Waals surface area contributed by atoms with Crippen molar-refractivity contribution in [3.05, 3.63) is 47.4 Å². The molecule has 1 fully saturated rings. The van der Waals surface area contributed by atoms with Gasteiger partial charge in [-0.15, -0.1) is 0 Å². The summed E-state index contributed by atoms with van der Waals surface area (Å²) in [7, 11) is -2.67. The highest BCUT2D eigenvalue weighted by Gasteiger charge is 2.39. The summed E-state index contributed by atoms with van der Waals surface area (Å²) in [6, 6.07) is 4.42. The van der Waals surface area contributed by atoms with E-state index in [1.165, 1.54) is 30.3 Å². The van der Waals surface area contributed by atoms with Crippen LogP contribution in [0.1, 0.15) is 22.3 Å². The molecule has 8 nitrogen and oxygen atoms in total. The number of pyridine rings is 1. The third-order valence-electron chi connectivity index (χ3n) is 5.02. The van der Waals surface area contributed by atoms with E-state index in [2.05, 4.69) is 4.98 Å². The van der Waals surface area contributed by atoms with E-state index in [0.717, 1.165) is 12.1 Å². The Morgan fingerprint density at radius 3 is 2.93 bits per heavy atom. The Hall–Kier alpha value is -2.72. The van der Waals surface area contributed by atoms with Crippen LogP contribution in [0.2, 0.25) is 0 Å². The molecule has 2 aromatic rings. The number of carbonyl (C=O) groups is 1. The number of carbonyl (C=O) groups excluding carboxylic acids is 1. The molecule has 0 aliphatic carbocycles. The molecular formula is C19H19FN2O6S. The number of amides is 1. The lowest BCUT2D eigenvalue weighted by atomic mass is 10.2. The van der Waals surface area contributed by atoms with Crippen LogP contribution in [0.5, 0.6) is 11.6 Å². The van der Waals surface area contributed by atoms with Gasteiger partial charge in [-0.3, -0.25) is 4.79 Å². The first-order chi connectivity index (χ1) is 13.8. The molecule has 0 unspecified atom stereocenters. The largest absolute Gasteiger partial charge is 0.495 e. The number of rotatable bonds is 4. The molecule has 0 saturated carbocycles. The molecule has 1 saturated heterocycles. The number of hydrogen-bond acceptors (Lipinski definition) is 7. The molecule has 2 aliphatic rings. The summed E-state index contributed by atoms with van der Waals surface area (Å²) in [4.78, 5) is 18.2. The van der Waals surface area contributed by atoms with Crippen molar-refractivity contribution in [3.8, 4) is 11.6 Å². The van der Waals surface area contributed by atoms with Gasteiger partial charge in [0.2, 0.25) is 5.88 Å². The first-order valence-electron chi connectivity index (χ1n) is 8.95. The quantitative estimate of drug-likeness (QED) is 0.788. The highest BCUT2D eigenvalue weighted by atomic mass is 32.2. The van der Waals surface area contributed by atoms with E-state index in [-0.39, 0.29) is 52.8 Å². The average Bonchev–Trinajstić information content (AvgIpc) is 3.01. The maximum Gasteiger partial charge on any atom is 0.259 e. The molecule has 1 amide bonds. The van der Waals surface area contributed by atoms with Gasteiger partial charge in [0, 0.05) is 12.7 Å². The van der Waals surface area contributed by atoms with Crippen molar-refractivity contribution in [1.82, 2.24) is 9.88 Å². The fourth-order valence-corrected chi connectivity index (χ4v) is 5.16. The highest BCUT2D eigenvalue weighted by Crippen LogP contribution is 2.31. The lowest BCUT2D eigenvalue weighted by molar-refractivity contribution is 0.0709. The van der Waals surface area contributed by atoms with Gasteiger partial charge in [0.15, 0.2) is 9.84 Å². The molecule has 0 spiro atoms. The van der Waals surface area contributed by atoms with Gasteiger partial charge in [-0.25, -0.2) is 17.8 Å². The molecule has 0 radical (unpaired) electrons. The molecule has 1 aromatic carbocycles. The first kappa shape index (κ1) is 19.6. The van der Waals surface area contributed by atoms with E-state index in [1.54, 1.807) is 0 Å². The maximum atomic E-state index is 13.6. The highest BCUT2D eigenvalue weighted by molar-refractivity contribution is 7.90. The van der Waals surface area contributed by atoms with Gasteiger partial charge in [0.25, 0.3) is 5.91 Å². The Morgan fingerprint density at radius 2 is 2.17 bits per heavy atom. The van der Waals surface area contributed by atoms with Crippen LogP contribution in [0, 0.1) is 5.82 Å². The molecule has 0 bridgehead atoms. The molecular weight excluding hydrogens is 403 g/mol. The third kappa shape index (κ3) is 3.65. The number of nitrogens with zero attached hydrogens (tertiary/aromatic N) is 2. The van der Waals surface area contributed by atoms with Crippen LogP contribution in [0.3, 0.4) is 0 Å². The number of fused-ring (bicyclic) bond motifs is 2. The lowest BCUT2D eigenvalue weighted by Crippen LogP contribution is -2.37. The molecule has 1 N–H and O–H groups in total. The number of aromatic nitrogens is 1. The summed E-state index contributed by atoms with van der Waals surface area (Å²) in [5.74, 6) is -1.40. The second-order valence-corrected chi connectivity index (χ2v) is 9.02. The minimum absolute atomic E-state index is 0.0300. The van der Waals surface area contributed by atoms with Crippen molar-refractivity contribution < 1.29 is 32.2 Å². The van der Waals surface area contributed by atoms with Crippen molar-refractivity contribution in [2.75, 3.05) is 20.3 Å². The number of halogens is 1. The summed E-state index contributed by atoms with van der Waals surface area (Å²) >= 11 is 0. The standard InChI is InChI=1S/C19H19FN2O6S/c1-27-16-3-2-12(20)5-17(16)29(25,26)10-11-4-15-18(21-7-11)28-9-13-6-14(23)8-22(13)19(15)24/h2-5,7,13-14,23H,6,8-10H2,1H3/t13-,14-/m1/s1. The summed E-state index contributed by atoms with van der Waals surface area (Å²) in [6.45, 7) is 0.399. The summed E-state index contributed by atoms with van der Waals surface area (Å²) in [5.41, 5.74) is 0.394. The zero-order valence-corrected chi connectivity index (χ0v) is 16.4. The Bertz CT molecular complexity index is 1070. The summed E-state index contributed by atoms with van der Waals surface area (Å²) in [5, 5.41) is 9.84. The SMILES string of the molecule is COc1ccc(F)cc1S(=O)(=O)Cc1cnc2c(c1)C(=O)N1C[C@H](O)C[C@@H]1CO2. The van der Waals surface area contributed by atoms with Gasteiger partial charge in [-0.1, -0.05) is 0 Å². The Morgan fingerprint density at radius 1 is 1.38 bits per heavy atom. The van der Waals surface area contributed by atoms with E-state index in [0.29, 0.717) is 6.42 Å². The normalized spacial score (nSPS) is 21.2. The molecule has 1 aromatic heterocycles. The van der Waals surface area contributed by atoms with Crippen LogP contribution in [0.25, 0.3) is 0 Å². The predicted octanol–water partition coefficient (Wildman–Crippen LogP) is 1.17. The number of aliphatic hydroxyl groups is 1. The first-order valence-corrected chi connectivity index (χ1v) is 10.6. The molecule has 10 heteroatoms. The van der Waals surface area contributed by atoms with Crippen LogP contribution in [-0.4, -0.2) is 61.7 Å². The van der Waals surface area contributed by atoms with Gasteiger partial charge in [-0.05, 0) is 36.2 Å². The molecule has 154 valence electrons. The minimum Gasteiger partial charge on any atom is -0.495 e. The smallest absolute Gasteiger partial charge is 0.259 e. The topological polar surface area (TPSA) is 106 Å². The molecule has 29 heavy (non-hydrogen) atoms. The Balaban J connectivity index is 1.67. The summed E-state index contributed by atoms with van der Waals surface area (Å²) < 4.78 is 49.9. The number of methoxy groups -OCH3 is 1. The van der Waals surface area contributed by atoms with Crippen molar-refractivity contribution in [2.24, 2.45) is 0 Å². The van der Waals surface area contributed by atoms with Crippen LogP contribution in [0.15, 0.2) is 35.4 Å². The van der Waals surface area contributed by atoms with Crippen LogP contribution in [0.4, 0.5) is 4.39 Å². The average molecular weight is 422 g/mol. The Kier molecular flexibility index (Phi) is 4.91. The van der Waals surface area contributed by atoms with E-state index in [9.17, 15) is 22.7 Å². The fourth-order valence-electron chi connectivity index (χ4n) is 3.66. The minimum atomic E-state index is -3.97. The maximum absolute atomic E-state index is 13.6. The third-order valence-corrected chi connectivity index (χ3v) is 6.72. The van der Waals surface area contributed by atoms with E-state index in [4.69, 9.17) is 9.47 Å². The van der Waals surface area contributed by atoms with E-state index in [1.807, 2.05) is 0 Å². The predicted molar refractivity (Wildman–Crippen MR) is 99.0 cm³/mol. The molecule has 4 rings (SSSR count). The zero-order chi connectivity index (χ0) is 20.8. The van der Waals surface area contributed by atoms with Crippen LogP contribution >= 0.6 is 0 Å². The zero-order valence-electron chi connectivity index (χ0n) is 15.5. The van der Waals surface area contributed by atoms with Gasteiger partial charge in [0.05, 0.1) is 25.0 Å². The number of aliphatic hydroxyl groups excluding tert-OH is 1. The van der Waals surface area contributed by atoms with Gasteiger partial charge >= 0.3 is 0 Å². The van der Waals surface area contributed by atoms with Crippen molar-refractivity contribution in [1.29, 1.82) is 0 Å². The Labute approximate surface area is 166 Å². The van der Waals surface area contributed by atoms with Crippen molar-refractivity contribution >= 4 is 15.7 Å². The number of ether oxygens (including phenoxy) is 2. The van der Waals surface area contributed by atoms with Crippen LogP contribution < -0.4 is 9.47 Å². The lowest BCUT2D eigenvalue weighted by Gasteiger charge is -2.20. The monoisotopic (exact) mass is 422 g/mol. The van der Waals surface area contributed by atoms with E-state index >= 15 is 0 Å². The summed E-state index contributed by atoms with van der Waals surface area (Å²) in [6.07, 6.45) is 1.12. The number of sulfone groups is 1. The second kappa shape index (κ2) is 7.27. The second-order valence-electron chi connectivity index (χ2n) is 7.06. The van der Waals surface area contributed by atoms with E-state index < -0.39 is 27.5 Å². The van der Waals surface area contributed by atoms with Crippen LogP contribution in [-0.2, 0) is 15.6 Å². The number of benzene rings is 1. The molecule has 2 aliphatic heterocycles. The fraction of sp³-hybridized carbons (Fsp3) is 0.368. The van der Waals surface area contributed by atoms with Gasteiger partial charge in [0.1, 0.15) is 28.6 Å². The number of hydrogen-bond donors (Lipinski definition) is 1. The van der Waals surface area contributed by atoms with Crippen molar-refractivity contribution in [2.45, 2.75) is 29.2 Å². The molecule has 3 heterocycles. The van der Waals surface area contributed by atoms with Crippen molar-refractivity contribution in [3.63, 3.8) is 0 Å². The molecule has 2 atom stereocenters. The van der Waals surface area contributed by atoms with Gasteiger partial charge < -0.3 is 19.5 Å². The van der Waals surface area contributed by atoms with Gasteiger partial charge in [-0.2, -0.15) is 0 Å².